The third-order valence-electron chi connectivity index (χ3n) is 2.59. The second-order valence-electron chi connectivity index (χ2n) is 7.35. The Morgan fingerprint density at radius 3 is 1.71 bits per heavy atom. The van der Waals surface area contributed by atoms with Crippen molar-refractivity contribution in [2.75, 3.05) is 0 Å². The molecule has 0 atom stereocenters. The molecule has 4 heteroatoms. The fourth-order valence-electron chi connectivity index (χ4n) is 1.71. The van der Waals surface area contributed by atoms with Gasteiger partial charge in [-0.05, 0) is 53.2 Å². The first-order valence-electron chi connectivity index (χ1n) is 7.88. The van der Waals surface area contributed by atoms with Gasteiger partial charge in [0.2, 0.25) is 0 Å². The molecule has 130 valence electrons. The van der Waals surface area contributed by atoms with Crippen molar-refractivity contribution >= 4 is 18.0 Å². The van der Waals surface area contributed by atoms with Crippen LogP contribution in [0.15, 0.2) is 48.1 Å². The van der Waals surface area contributed by atoms with Crippen molar-refractivity contribution in [2.45, 2.75) is 52.7 Å². The molecule has 1 aromatic rings. The molecule has 0 fully saturated rings. The third-order valence-corrected chi connectivity index (χ3v) is 2.59. The first kappa shape index (κ1) is 19.7. The van der Waals surface area contributed by atoms with Crippen LogP contribution in [0.3, 0.4) is 0 Å². The number of hydrogen-bond acceptors (Lipinski definition) is 4. The van der Waals surface area contributed by atoms with E-state index >= 15 is 0 Å². The average molecular weight is 330 g/mol. The summed E-state index contributed by atoms with van der Waals surface area (Å²) in [5, 5.41) is 0. The number of hydrogen-bond donors (Lipinski definition) is 0. The normalized spacial score (nSPS) is 11.9. The maximum Gasteiger partial charge on any atom is 0.346 e. The predicted octanol–water partition coefficient (Wildman–Crippen LogP) is 4.31. The quantitative estimate of drug-likeness (QED) is 0.271. The van der Waals surface area contributed by atoms with Crippen LogP contribution in [0.4, 0.5) is 0 Å². The molecule has 0 unspecified atom stereocenters. The van der Waals surface area contributed by atoms with Crippen LogP contribution in [0.25, 0.3) is 6.08 Å². The third kappa shape index (κ3) is 7.77. The molecule has 0 aromatic heterocycles. The summed E-state index contributed by atoms with van der Waals surface area (Å²) in [6.07, 6.45) is 4.86. The molecule has 0 aliphatic rings. The molecule has 0 saturated heterocycles. The smallest absolute Gasteiger partial charge is 0.346 e. The number of carbonyl (C=O) groups excluding carboxylic acids is 2. The van der Waals surface area contributed by atoms with Crippen molar-refractivity contribution in [3.05, 3.63) is 53.6 Å². The van der Waals surface area contributed by atoms with Gasteiger partial charge in [0.25, 0.3) is 0 Å². The van der Waals surface area contributed by atoms with E-state index in [1.54, 1.807) is 53.7 Å². The maximum absolute atomic E-state index is 12.3. The van der Waals surface area contributed by atoms with Crippen LogP contribution in [0, 0.1) is 0 Å². The number of rotatable bonds is 4. The molecular formula is C20H26O4. The lowest BCUT2D eigenvalue weighted by Crippen LogP contribution is -2.31. The van der Waals surface area contributed by atoms with Crippen molar-refractivity contribution in [3.8, 4) is 0 Å². The molecule has 1 aromatic carbocycles. The molecule has 4 nitrogen and oxygen atoms in total. The predicted molar refractivity (Wildman–Crippen MR) is 95.2 cm³/mol. The zero-order valence-corrected chi connectivity index (χ0v) is 15.3. The summed E-state index contributed by atoms with van der Waals surface area (Å²) in [6.45, 7) is 10.5. The topological polar surface area (TPSA) is 52.6 Å². The SMILES string of the molecule is CC(C)(C)OC(=O)C(=C/C=C/c1ccccc1)C(=O)OC(C)(C)C. The molecule has 0 aliphatic heterocycles. The van der Waals surface area contributed by atoms with E-state index in [1.807, 2.05) is 30.3 Å². The first-order valence-corrected chi connectivity index (χ1v) is 7.88. The van der Waals surface area contributed by atoms with E-state index in [2.05, 4.69) is 0 Å². The van der Waals surface area contributed by atoms with Gasteiger partial charge in [-0.15, -0.1) is 0 Å². The largest absolute Gasteiger partial charge is 0.456 e. The van der Waals surface area contributed by atoms with Gasteiger partial charge in [0.15, 0.2) is 0 Å². The van der Waals surface area contributed by atoms with Crippen LogP contribution in [-0.2, 0) is 19.1 Å². The van der Waals surface area contributed by atoms with Gasteiger partial charge in [0, 0.05) is 0 Å². The van der Waals surface area contributed by atoms with Crippen LogP contribution in [0.1, 0.15) is 47.1 Å². The Bertz CT molecular complexity index is 596. The van der Waals surface area contributed by atoms with E-state index in [9.17, 15) is 9.59 Å². The maximum atomic E-state index is 12.3. The Hall–Kier alpha value is -2.36. The Kier molecular flexibility index (Phi) is 6.52. The molecular weight excluding hydrogens is 304 g/mol. The fraction of sp³-hybridized carbons (Fsp3) is 0.400. The van der Waals surface area contributed by atoms with E-state index in [-0.39, 0.29) is 5.57 Å². The van der Waals surface area contributed by atoms with Crippen LogP contribution < -0.4 is 0 Å². The number of ether oxygens (including phenoxy) is 2. The van der Waals surface area contributed by atoms with E-state index in [1.165, 1.54) is 6.08 Å². The van der Waals surface area contributed by atoms with E-state index in [0.29, 0.717) is 0 Å². The number of esters is 2. The van der Waals surface area contributed by atoms with Gasteiger partial charge < -0.3 is 9.47 Å². The Morgan fingerprint density at radius 1 is 0.833 bits per heavy atom. The zero-order valence-electron chi connectivity index (χ0n) is 15.3. The first-order chi connectivity index (χ1) is 11.0. The van der Waals surface area contributed by atoms with Crippen LogP contribution in [0.5, 0.6) is 0 Å². The summed E-state index contributed by atoms with van der Waals surface area (Å²) >= 11 is 0. The summed E-state index contributed by atoms with van der Waals surface area (Å²) in [6, 6.07) is 9.58. The highest BCUT2D eigenvalue weighted by molar-refractivity contribution is 6.14. The van der Waals surface area contributed by atoms with Crippen molar-refractivity contribution < 1.29 is 19.1 Å². The molecule has 0 heterocycles. The molecule has 0 aliphatic carbocycles. The standard InChI is InChI=1S/C20H26O4/c1-19(2,3)23-17(21)16(18(22)24-20(4,5)6)14-10-13-15-11-8-7-9-12-15/h7-14H,1-6H3/b13-10+. The molecule has 0 spiro atoms. The molecule has 0 radical (unpaired) electrons. The highest BCUT2D eigenvalue weighted by atomic mass is 16.6. The fourth-order valence-corrected chi connectivity index (χ4v) is 1.71. The van der Waals surface area contributed by atoms with Crippen molar-refractivity contribution in [2.24, 2.45) is 0 Å². The minimum absolute atomic E-state index is 0.132. The van der Waals surface area contributed by atoms with Crippen molar-refractivity contribution in [3.63, 3.8) is 0 Å². The van der Waals surface area contributed by atoms with Gasteiger partial charge in [0.05, 0.1) is 0 Å². The van der Waals surface area contributed by atoms with Gasteiger partial charge in [-0.1, -0.05) is 42.5 Å². The molecule has 24 heavy (non-hydrogen) atoms. The second kappa shape index (κ2) is 7.95. The molecule has 1 rings (SSSR count). The van der Waals surface area contributed by atoms with E-state index in [4.69, 9.17) is 9.47 Å². The Balaban J connectivity index is 3.03. The summed E-state index contributed by atoms with van der Waals surface area (Å²) in [4.78, 5) is 24.6. The summed E-state index contributed by atoms with van der Waals surface area (Å²) in [7, 11) is 0. The monoisotopic (exact) mass is 330 g/mol. The van der Waals surface area contributed by atoms with Crippen LogP contribution >= 0.6 is 0 Å². The number of benzene rings is 1. The molecule has 0 N–H and O–H groups in total. The van der Waals surface area contributed by atoms with Crippen molar-refractivity contribution in [1.82, 2.24) is 0 Å². The van der Waals surface area contributed by atoms with Gasteiger partial charge in [-0.2, -0.15) is 0 Å². The highest BCUT2D eigenvalue weighted by Crippen LogP contribution is 2.16. The van der Waals surface area contributed by atoms with Gasteiger partial charge in [-0.3, -0.25) is 0 Å². The molecule has 0 amide bonds. The number of carbonyl (C=O) groups is 2. The minimum Gasteiger partial charge on any atom is -0.456 e. The summed E-state index contributed by atoms with van der Waals surface area (Å²) < 4.78 is 10.6. The van der Waals surface area contributed by atoms with Gasteiger partial charge in [-0.25, -0.2) is 9.59 Å². The van der Waals surface area contributed by atoms with Gasteiger partial charge >= 0.3 is 11.9 Å². The van der Waals surface area contributed by atoms with E-state index < -0.39 is 23.1 Å². The minimum atomic E-state index is -0.700. The van der Waals surface area contributed by atoms with Crippen molar-refractivity contribution in [1.29, 1.82) is 0 Å². The lowest BCUT2D eigenvalue weighted by atomic mass is 10.1. The van der Waals surface area contributed by atoms with Crippen LogP contribution in [-0.4, -0.2) is 23.1 Å². The highest BCUT2D eigenvalue weighted by Gasteiger charge is 2.28. The van der Waals surface area contributed by atoms with Gasteiger partial charge in [0.1, 0.15) is 16.8 Å². The summed E-state index contributed by atoms with van der Waals surface area (Å²) in [5.41, 5.74) is -0.559. The molecule has 0 bridgehead atoms. The average Bonchev–Trinajstić information content (AvgIpc) is 2.40. The summed E-state index contributed by atoms with van der Waals surface area (Å²) in [5.74, 6) is -1.40. The van der Waals surface area contributed by atoms with E-state index in [0.717, 1.165) is 5.56 Å². The molecule has 0 saturated carbocycles. The lowest BCUT2D eigenvalue weighted by Gasteiger charge is -2.23. The zero-order chi connectivity index (χ0) is 18.4. The Morgan fingerprint density at radius 2 is 1.29 bits per heavy atom. The lowest BCUT2D eigenvalue weighted by molar-refractivity contribution is -0.158. The number of allylic oxidation sites excluding steroid dienone is 2. The Labute approximate surface area is 144 Å². The second-order valence-corrected chi connectivity index (χ2v) is 7.35. The van der Waals surface area contributed by atoms with Crippen LogP contribution in [0.2, 0.25) is 0 Å².